The minimum Gasteiger partial charge on any atom is -0.790 e. The molecule has 14 heteroatoms. The Morgan fingerprint density at radius 3 is 2.05 bits per heavy atom. The van der Waals surface area contributed by atoms with Gasteiger partial charge in [-0.05, 0) is 0 Å². The van der Waals surface area contributed by atoms with E-state index < -0.39 is 53.0 Å². The van der Waals surface area contributed by atoms with Crippen molar-refractivity contribution in [3.8, 4) is 0 Å². The van der Waals surface area contributed by atoms with Gasteiger partial charge in [0.15, 0.2) is 6.29 Å². The number of aliphatic hydroxyl groups excluding tert-OH is 4. The van der Waals surface area contributed by atoms with Crippen molar-refractivity contribution in [1.82, 2.24) is 0 Å². The van der Waals surface area contributed by atoms with Crippen molar-refractivity contribution < 1.29 is 57.8 Å². The highest BCUT2D eigenvalue weighted by atomic mass is 31.3. The van der Waals surface area contributed by atoms with E-state index in [1.54, 1.807) is 0 Å². The Labute approximate surface area is 112 Å². The molecule has 1 saturated heterocycles. The lowest BCUT2D eigenvalue weighted by Crippen LogP contribution is -2.59. The van der Waals surface area contributed by atoms with Crippen LogP contribution in [-0.2, 0) is 22.7 Å². The predicted molar refractivity (Wildman–Crippen MR) is 51.2 cm³/mol. The molecule has 4 N–H and O–H groups in total. The molecule has 1 aliphatic heterocycles. The van der Waals surface area contributed by atoms with E-state index in [-0.39, 0.29) is 0 Å². The summed E-state index contributed by atoms with van der Waals surface area (Å²) in [6, 6.07) is 0. The molecule has 0 amide bonds. The fourth-order valence-corrected chi connectivity index (χ4v) is 2.99. The lowest BCUT2D eigenvalue weighted by atomic mass is 10.00. The molecule has 1 heterocycles. The normalized spacial score (nSPS) is 38.5. The van der Waals surface area contributed by atoms with Crippen molar-refractivity contribution in [3.63, 3.8) is 0 Å². The molecule has 1 unspecified atom stereocenters. The first kappa shape index (κ1) is 18.1. The molecule has 0 saturated carbocycles. The van der Waals surface area contributed by atoms with Gasteiger partial charge in [-0.25, -0.2) is 0 Å². The van der Waals surface area contributed by atoms with Crippen molar-refractivity contribution in [2.24, 2.45) is 0 Å². The van der Waals surface area contributed by atoms with Crippen molar-refractivity contribution in [2.75, 3.05) is 6.61 Å². The molecule has 20 heavy (non-hydrogen) atoms. The third-order valence-corrected chi connectivity index (χ3v) is 4.35. The smallest absolute Gasteiger partial charge is 0.274 e. The minimum absolute atomic E-state index is 0.865. The van der Waals surface area contributed by atoms with Crippen molar-refractivity contribution in [1.29, 1.82) is 0 Å². The number of ether oxygens (including phenoxy) is 1. The van der Waals surface area contributed by atoms with Crippen LogP contribution in [-0.4, -0.2) is 57.7 Å². The molecule has 0 aromatic heterocycles. The third kappa shape index (κ3) is 4.81. The molecule has 0 aliphatic carbocycles. The van der Waals surface area contributed by atoms with Crippen LogP contribution < -0.4 is 14.7 Å². The van der Waals surface area contributed by atoms with Gasteiger partial charge in [-0.1, -0.05) is 0 Å². The highest BCUT2D eigenvalue weighted by Gasteiger charge is 2.45. The molecule has 1 fully saturated rings. The van der Waals surface area contributed by atoms with Gasteiger partial charge in [-0.15, -0.1) is 0 Å². The van der Waals surface area contributed by atoms with Gasteiger partial charge in [0.05, 0.1) is 14.4 Å². The van der Waals surface area contributed by atoms with Crippen LogP contribution >= 0.6 is 15.6 Å². The highest BCUT2D eigenvalue weighted by molar-refractivity contribution is 7.58. The van der Waals surface area contributed by atoms with E-state index in [4.69, 9.17) is 5.11 Å². The second kappa shape index (κ2) is 6.44. The lowest BCUT2D eigenvalue weighted by Gasteiger charge is -2.42. The van der Waals surface area contributed by atoms with E-state index in [9.17, 15) is 39.1 Å². The van der Waals surface area contributed by atoms with Gasteiger partial charge < -0.3 is 44.4 Å². The van der Waals surface area contributed by atoms with Crippen molar-refractivity contribution in [3.05, 3.63) is 0 Å². The van der Waals surface area contributed by atoms with Gasteiger partial charge in [-0.3, -0.25) is 13.4 Å². The Kier molecular flexibility index (Phi) is 5.83. The minimum atomic E-state index is -5.92. The average molecular weight is 337 g/mol. The van der Waals surface area contributed by atoms with Crippen LogP contribution in [0.1, 0.15) is 0 Å². The zero-order valence-electron chi connectivity index (χ0n) is 9.54. The third-order valence-electron chi connectivity index (χ3n) is 2.28. The summed E-state index contributed by atoms with van der Waals surface area (Å²) < 4.78 is 32.9. The summed E-state index contributed by atoms with van der Waals surface area (Å²) in [5, 5.41) is 36.9. The standard InChI is InChI=1S/C6H14O12P2/c7-1-2-3(8)4(9)5(10)6(16-2)17-20(14,15)18-19(11,12)13/h2-10H,1H2,(H,14,15)(H2,11,12,13)/p-3/t2-,3-,4+,5-,6-/m1/s1. The zero-order chi connectivity index (χ0) is 15.7. The van der Waals surface area contributed by atoms with Crippen LogP contribution in [0, 0.1) is 0 Å². The molecule has 0 aromatic carbocycles. The molecule has 1 rings (SSSR count). The topological polar surface area (TPSA) is 212 Å². The molecule has 1 aliphatic rings. The quantitative estimate of drug-likeness (QED) is 0.347. The van der Waals surface area contributed by atoms with Crippen LogP contribution in [0.4, 0.5) is 0 Å². The highest BCUT2D eigenvalue weighted by Crippen LogP contribution is 2.52. The number of rotatable bonds is 5. The summed E-state index contributed by atoms with van der Waals surface area (Å²) in [7, 11) is -11.6. The summed E-state index contributed by atoms with van der Waals surface area (Å²) in [4.78, 5) is 31.4. The molecule has 0 bridgehead atoms. The van der Waals surface area contributed by atoms with Gasteiger partial charge >= 0.3 is 0 Å². The van der Waals surface area contributed by atoms with E-state index >= 15 is 0 Å². The Hall–Kier alpha value is 0.0600. The molecule has 0 aromatic rings. The summed E-state index contributed by atoms with van der Waals surface area (Å²) in [5.41, 5.74) is 0. The van der Waals surface area contributed by atoms with Gasteiger partial charge in [0.2, 0.25) is 0 Å². The summed E-state index contributed by atoms with van der Waals surface area (Å²) in [6.45, 7) is -0.865. The second-order valence-electron chi connectivity index (χ2n) is 3.78. The van der Waals surface area contributed by atoms with Crippen LogP contribution in [0.2, 0.25) is 0 Å². The SMILES string of the molecule is O=P([O-])([O-])OP(=O)([O-])O[C@H]1O[C@H](CO)[C@@H](O)[C@H](O)[C@H]1O. The number of hydrogen-bond donors (Lipinski definition) is 4. The number of phosphoric acid groups is 2. The van der Waals surface area contributed by atoms with Crippen molar-refractivity contribution in [2.45, 2.75) is 30.7 Å². The maximum absolute atomic E-state index is 11.1. The molecule has 0 spiro atoms. The fraction of sp³-hybridized carbons (Fsp3) is 1.00. The van der Waals surface area contributed by atoms with Crippen LogP contribution in [0.15, 0.2) is 0 Å². The summed E-state index contributed by atoms with van der Waals surface area (Å²) in [5.74, 6) is 0. The average Bonchev–Trinajstić information content (AvgIpc) is 2.26. The maximum Gasteiger partial charge on any atom is 0.274 e. The van der Waals surface area contributed by atoms with E-state index in [0.717, 1.165) is 0 Å². The van der Waals surface area contributed by atoms with Gasteiger partial charge in [0.25, 0.3) is 7.82 Å². The predicted octanol–water partition coefficient (Wildman–Crippen LogP) is -4.88. The molecule has 120 valence electrons. The van der Waals surface area contributed by atoms with Crippen molar-refractivity contribution >= 4 is 15.6 Å². The van der Waals surface area contributed by atoms with Gasteiger partial charge in [0, 0.05) is 0 Å². The number of phosphoric ester groups is 1. The van der Waals surface area contributed by atoms with E-state index in [1.165, 1.54) is 0 Å². The van der Waals surface area contributed by atoms with Crippen LogP contribution in [0.3, 0.4) is 0 Å². The largest absolute Gasteiger partial charge is 0.790 e. The zero-order valence-corrected chi connectivity index (χ0v) is 11.3. The fourth-order valence-electron chi connectivity index (χ4n) is 1.42. The first-order valence-electron chi connectivity index (χ1n) is 5.00. The maximum atomic E-state index is 11.1. The Morgan fingerprint density at radius 2 is 1.60 bits per heavy atom. The number of hydrogen-bond acceptors (Lipinski definition) is 12. The summed E-state index contributed by atoms with van der Waals surface area (Å²) in [6.07, 6.45) is -9.48. The summed E-state index contributed by atoms with van der Waals surface area (Å²) >= 11 is 0. The Balaban J connectivity index is 2.80. The second-order valence-corrected chi connectivity index (χ2v) is 6.43. The van der Waals surface area contributed by atoms with E-state index in [0.29, 0.717) is 0 Å². The molecule has 6 atom stereocenters. The van der Waals surface area contributed by atoms with Crippen LogP contribution in [0.25, 0.3) is 0 Å². The molecular weight excluding hydrogens is 326 g/mol. The van der Waals surface area contributed by atoms with Gasteiger partial charge in [0.1, 0.15) is 24.4 Å². The first-order valence-corrected chi connectivity index (χ1v) is 7.92. The van der Waals surface area contributed by atoms with E-state index in [2.05, 4.69) is 13.6 Å². The molecule has 12 nitrogen and oxygen atoms in total. The van der Waals surface area contributed by atoms with Crippen LogP contribution in [0.5, 0.6) is 0 Å². The lowest BCUT2D eigenvalue weighted by molar-refractivity contribution is -0.344. The monoisotopic (exact) mass is 337 g/mol. The molecular formula is C6H11O12P2-3. The Morgan fingerprint density at radius 1 is 1.05 bits per heavy atom. The van der Waals surface area contributed by atoms with Gasteiger partial charge in [-0.2, -0.15) is 0 Å². The van der Waals surface area contributed by atoms with E-state index in [1.807, 2.05) is 0 Å². The Bertz CT molecular complexity index is 418. The first-order chi connectivity index (χ1) is 8.97. The molecule has 0 radical (unpaired) electrons. The number of aliphatic hydroxyl groups is 4.